The number of carbonyl (C=O) groups is 1. The average molecular weight is 615 g/mol. The molecule has 0 saturated heterocycles. The van der Waals surface area contributed by atoms with Crippen LogP contribution < -0.4 is 10.6 Å². The van der Waals surface area contributed by atoms with Crippen molar-refractivity contribution in [1.82, 2.24) is 29.7 Å². The Morgan fingerprint density at radius 3 is 2.50 bits per heavy atom. The number of nitriles is 1. The molecular formula is C35H31FN8O2. The third-order valence-electron chi connectivity index (χ3n) is 7.57. The molecule has 0 saturated carbocycles. The lowest BCUT2D eigenvalue weighted by Crippen LogP contribution is -2.42. The molecule has 4 heterocycles. The molecule has 10 nitrogen and oxygen atoms in total. The summed E-state index contributed by atoms with van der Waals surface area (Å²) >= 11 is 0. The van der Waals surface area contributed by atoms with E-state index in [1.165, 1.54) is 26.2 Å². The van der Waals surface area contributed by atoms with Crippen molar-refractivity contribution in [1.29, 1.82) is 5.26 Å². The molecule has 0 aliphatic carbocycles. The first-order chi connectivity index (χ1) is 22.1. The van der Waals surface area contributed by atoms with E-state index >= 15 is 0 Å². The van der Waals surface area contributed by atoms with Gasteiger partial charge in [0.15, 0.2) is 0 Å². The van der Waals surface area contributed by atoms with Gasteiger partial charge in [-0.05, 0) is 57.2 Å². The highest BCUT2D eigenvalue weighted by Crippen LogP contribution is 2.31. The summed E-state index contributed by atoms with van der Waals surface area (Å²) in [5.41, 5.74) is 4.74. The number of fused-ring (bicyclic) bond motifs is 1. The van der Waals surface area contributed by atoms with E-state index in [2.05, 4.69) is 26.8 Å². The summed E-state index contributed by atoms with van der Waals surface area (Å²) in [5.74, 6) is -0.000530. The summed E-state index contributed by atoms with van der Waals surface area (Å²) in [7, 11) is 0. The smallest absolute Gasteiger partial charge is 0.255 e. The molecule has 0 fully saturated rings. The van der Waals surface area contributed by atoms with Gasteiger partial charge in [0.05, 0.1) is 63.4 Å². The first-order valence-electron chi connectivity index (χ1n) is 14.6. The number of carbonyl (C=O) groups excluding carboxylic acids is 1. The van der Waals surface area contributed by atoms with Crippen LogP contribution in [0.5, 0.6) is 0 Å². The minimum atomic E-state index is -1.69. The van der Waals surface area contributed by atoms with Crippen LogP contribution >= 0.6 is 0 Å². The van der Waals surface area contributed by atoms with Gasteiger partial charge in [-0.1, -0.05) is 48.0 Å². The van der Waals surface area contributed by atoms with Gasteiger partial charge in [-0.2, -0.15) is 15.5 Å². The number of alkyl halides is 1. The fraction of sp³-hybridized carbons (Fsp3) is 0.171. The maximum absolute atomic E-state index is 14.6. The molecule has 0 unspecified atom stereocenters. The van der Waals surface area contributed by atoms with E-state index in [0.29, 0.717) is 39.7 Å². The second-order valence-corrected chi connectivity index (χ2v) is 11.5. The van der Waals surface area contributed by atoms with Crippen LogP contribution in [-0.2, 0) is 0 Å². The first kappa shape index (κ1) is 30.2. The first-order valence-corrected chi connectivity index (χ1v) is 14.6. The average Bonchev–Trinajstić information content (AvgIpc) is 3.68. The van der Waals surface area contributed by atoms with Gasteiger partial charge < -0.3 is 15.7 Å². The molecule has 2 aromatic carbocycles. The number of rotatable bonds is 9. The molecule has 0 radical (unpaired) electrons. The molecule has 6 aromatic rings. The monoisotopic (exact) mass is 614 g/mol. The predicted octanol–water partition coefficient (Wildman–Crippen LogP) is 6.01. The number of nitrogens with zero attached hydrogens (tertiary/aromatic N) is 6. The number of benzene rings is 2. The summed E-state index contributed by atoms with van der Waals surface area (Å²) in [6.07, 6.45) is 1.20. The minimum absolute atomic E-state index is 0.157. The molecule has 0 aliphatic rings. The number of anilines is 2. The lowest BCUT2D eigenvalue weighted by atomic mass is 10.0. The summed E-state index contributed by atoms with van der Waals surface area (Å²) in [6, 6.07) is 28.7. The predicted molar refractivity (Wildman–Crippen MR) is 174 cm³/mol. The minimum Gasteiger partial charge on any atom is -0.387 e. The number of aliphatic hydroxyl groups is 1. The number of halogens is 1. The van der Waals surface area contributed by atoms with Crippen molar-refractivity contribution in [3.63, 3.8) is 0 Å². The number of pyridine rings is 1. The van der Waals surface area contributed by atoms with Gasteiger partial charge in [0, 0.05) is 17.8 Å². The standard InChI is InChI=1S/C35H31FN8O2/c1-22-9-11-24(12-10-22)28-17-33(44(42-28)25-7-5-4-6-8-25)41-29-16-30(31-14-13-26-15-23(18-37)19-40-43(26)31)38-20-27(29)34(45)39-21-32(36)35(2,3)46/h4-17,19-20,32,46H,21H2,1-3H3,(H,38,41)(H,39,45)/t32-/m1/s1. The van der Waals surface area contributed by atoms with E-state index in [1.807, 2.05) is 79.7 Å². The quantitative estimate of drug-likeness (QED) is 0.182. The zero-order valence-electron chi connectivity index (χ0n) is 25.4. The van der Waals surface area contributed by atoms with E-state index in [1.54, 1.807) is 21.3 Å². The maximum Gasteiger partial charge on any atom is 0.255 e. The van der Waals surface area contributed by atoms with Crippen molar-refractivity contribution in [3.05, 3.63) is 114 Å². The molecule has 0 bridgehead atoms. The zero-order chi connectivity index (χ0) is 32.4. The summed E-state index contributed by atoms with van der Waals surface area (Å²) in [5, 5.41) is 34.6. The largest absolute Gasteiger partial charge is 0.387 e. The van der Waals surface area contributed by atoms with Crippen LogP contribution in [0.4, 0.5) is 15.9 Å². The van der Waals surface area contributed by atoms with Gasteiger partial charge in [-0.25, -0.2) is 13.6 Å². The number of hydrogen-bond acceptors (Lipinski definition) is 7. The van der Waals surface area contributed by atoms with Crippen LogP contribution in [0.15, 0.2) is 97.3 Å². The Kier molecular flexibility index (Phi) is 8.04. The third-order valence-corrected chi connectivity index (χ3v) is 7.57. The molecule has 0 spiro atoms. The Balaban J connectivity index is 1.45. The van der Waals surface area contributed by atoms with Gasteiger partial charge in [-0.3, -0.25) is 9.78 Å². The number of amides is 1. The van der Waals surface area contributed by atoms with Crippen LogP contribution in [0.3, 0.4) is 0 Å². The normalized spacial score (nSPS) is 12.1. The highest BCUT2D eigenvalue weighted by molar-refractivity contribution is 6.00. The van der Waals surface area contributed by atoms with Crippen molar-refractivity contribution < 1.29 is 14.3 Å². The molecule has 6 rings (SSSR count). The lowest BCUT2D eigenvalue weighted by Gasteiger charge is -2.22. The Morgan fingerprint density at radius 1 is 1.02 bits per heavy atom. The van der Waals surface area contributed by atoms with Crippen LogP contribution in [-0.4, -0.2) is 53.7 Å². The Bertz CT molecular complexity index is 2070. The van der Waals surface area contributed by atoms with E-state index in [-0.39, 0.29) is 5.56 Å². The highest BCUT2D eigenvalue weighted by Gasteiger charge is 2.27. The number of para-hydroxylation sites is 1. The lowest BCUT2D eigenvalue weighted by molar-refractivity contribution is -0.00177. The van der Waals surface area contributed by atoms with Gasteiger partial charge >= 0.3 is 0 Å². The van der Waals surface area contributed by atoms with Crippen molar-refractivity contribution in [2.75, 3.05) is 11.9 Å². The van der Waals surface area contributed by atoms with Crippen LogP contribution in [0.25, 0.3) is 33.8 Å². The van der Waals surface area contributed by atoms with Crippen molar-refractivity contribution in [2.45, 2.75) is 32.5 Å². The zero-order valence-corrected chi connectivity index (χ0v) is 25.4. The molecule has 1 atom stereocenters. The summed E-state index contributed by atoms with van der Waals surface area (Å²) < 4.78 is 18.0. The van der Waals surface area contributed by atoms with E-state index in [4.69, 9.17) is 5.10 Å². The summed E-state index contributed by atoms with van der Waals surface area (Å²) in [4.78, 5) is 18.0. The topological polar surface area (TPSA) is 133 Å². The van der Waals surface area contributed by atoms with Gasteiger partial charge in [0.25, 0.3) is 5.91 Å². The van der Waals surface area contributed by atoms with E-state index < -0.39 is 24.2 Å². The molecule has 11 heteroatoms. The van der Waals surface area contributed by atoms with Crippen LogP contribution in [0.1, 0.15) is 35.3 Å². The second-order valence-electron chi connectivity index (χ2n) is 11.5. The second kappa shape index (κ2) is 12.3. The molecule has 4 aromatic heterocycles. The van der Waals surface area contributed by atoms with Gasteiger partial charge in [0.1, 0.15) is 18.1 Å². The van der Waals surface area contributed by atoms with Gasteiger partial charge in [-0.15, -0.1) is 0 Å². The van der Waals surface area contributed by atoms with Crippen molar-refractivity contribution in [3.8, 4) is 34.4 Å². The molecule has 0 aliphatic heterocycles. The summed E-state index contributed by atoms with van der Waals surface area (Å²) in [6.45, 7) is 4.32. The SMILES string of the molecule is Cc1ccc(-c2cc(Nc3cc(-c4ccc5cc(C#N)cnn45)ncc3C(=O)NC[C@@H](F)C(C)(C)O)n(-c3ccccc3)n2)cc1. The van der Waals surface area contributed by atoms with E-state index in [9.17, 15) is 19.6 Å². The molecule has 46 heavy (non-hydrogen) atoms. The van der Waals surface area contributed by atoms with E-state index in [0.717, 1.165) is 16.8 Å². The molecule has 230 valence electrons. The number of nitrogens with one attached hydrogen (secondary N) is 2. The number of aromatic nitrogens is 5. The highest BCUT2D eigenvalue weighted by atomic mass is 19.1. The van der Waals surface area contributed by atoms with Crippen LogP contribution in [0.2, 0.25) is 0 Å². The Labute approximate surface area is 264 Å². The Morgan fingerprint density at radius 2 is 1.78 bits per heavy atom. The van der Waals surface area contributed by atoms with Crippen molar-refractivity contribution >= 4 is 22.9 Å². The fourth-order valence-corrected chi connectivity index (χ4v) is 4.90. The molecule has 3 N–H and O–H groups in total. The number of hydrogen-bond donors (Lipinski definition) is 3. The molecule has 1 amide bonds. The third kappa shape index (κ3) is 6.20. The Hall–Kier alpha value is -5.86. The molecular weight excluding hydrogens is 583 g/mol. The number of aryl methyl sites for hydroxylation is 1. The van der Waals surface area contributed by atoms with Crippen LogP contribution in [0, 0.1) is 18.3 Å². The fourth-order valence-electron chi connectivity index (χ4n) is 4.90. The van der Waals surface area contributed by atoms with Gasteiger partial charge in [0.2, 0.25) is 0 Å². The van der Waals surface area contributed by atoms with Crippen molar-refractivity contribution in [2.24, 2.45) is 0 Å². The maximum atomic E-state index is 14.6.